The summed E-state index contributed by atoms with van der Waals surface area (Å²) >= 11 is 0. The van der Waals surface area contributed by atoms with Crippen LogP contribution in [0.5, 0.6) is 0 Å². The molecule has 156 valence electrons. The molecule has 0 unspecified atom stereocenters. The number of aliphatic hydroxyl groups is 2. The largest absolute Gasteiger partial charge is 0.726 e. The maximum Gasteiger partial charge on any atom is 0.217 e. The number of rotatable bonds is 7. The molecule has 0 aromatic heterocycles. The molecule has 25 heavy (non-hydrogen) atoms. The van der Waals surface area contributed by atoms with Gasteiger partial charge in [0.15, 0.2) is 0 Å². The van der Waals surface area contributed by atoms with Gasteiger partial charge < -0.3 is 24.1 Å². The predicted octanol–water partition coefficient (Wildman–Crippen LogP) is 0.371. The van der Waals surface area contributed by atoms with Gasteiger partial charge in [0.05, 0.1) is 41.4 Å². The average Bonchev–Trinajstić information content (AvgIpc) is 2.35. The lowest BCUT2D eigenvalue weighted by Gasteiger charge is -2.32. The van der Waals surface area contributed by atoms with Crippen LogP contribution in [-0.2, 0) is 14.6 Å². The van der Waals surface area contributed by atoms with Crippen LogP contribution in [0.1, 0.15) is 27.7 Å². The SMILES string of the molecule is CC(C)(CO)C[N+](C)(C)C.CN(C)CC(C)(C)CO.COS(=O)(=O)[O-]. The quantitative estimate of drug-likeness (QED) is 0.368. The van der Waals surface area contributed by atoms with E-state index in [2.05, 4.69) is 44.1 Å². The summed E-state index contributed by atoms with van der Waals surface area (Å²) < 4.78 is 31.9. The summed E-state index contributed by atoms with van der Waals surface area (Å²) in [6.45, 7) is 10.7. The van der Waals surface area contributed by atoms with Gasteiger partial charge in [-0.1, -0.05) is 27.7 Å². The zero-order valence-corrected chi connectivity index (χ0v) is 18.5. The molecule has 0 aliphatic carbocycles. The van der Waals surface area contributed by atoms with Crippen LogP contribution in [-0.4, -0.2) is 101 Å². The van der Waals surface area contributed by atoms with Crippen LogP contribution in [0.4, 0.5) is 0 Å². The van der Waals surface area contributed by atoms with E-state index in [0.717, 1.165) is 24.7 Å². The highest BCUT2D eigenvalue weighted by atomic mass is 32.3. The number of hydrogen-bond donors (Lipinski definition) is 2. The van der Waals surface area contributed by atoms with Gasteiger partial charge in [0, 0.05) is 24.0 Å². The second-order valence-corrected chi connectivity index (χ2v) is 10.1. The Morgan fingerprint density at radius 2 is 1.32 bits per heavy atom. The molecule has 0 aliphatic rings. The first-order valence-electron chi connectivity index (χ1n) is 7.99. The summed E-state index contributed by atoms with van der Waals surface area (Å²) in [5.41, 5.74) is 0.0990. The normalized spacial score (nSPS) is 12.9. The zero-order chi connectivity index (χ0) is 21.1. The standard InChI is InChI=1S/C8H20NO.C7H17NO.CH4O4S/c1-8(2,7-10)6-9(3,4)5;1-7(2,6-9)5-8(3)4;1-5-6(2,3)4/h10H,6-7H2,1-5H3;9H,5-6H2,1-4H3;1H3,(H,2,3,4)/q+1;;/p-1. The van der Waals surface area contributed by atoms with E-state index in [1.807, 2.05) is 27.9 Å². The predicted molar refractivity (Wildman–Crippen MR) is 99.9 cm³/mol. The Morgan fingerprint density at radius 1 is 1.00 bits per heavy atom. The fourth-order valence-electron chi connectivity index (χ4n) is 2.24. The van der Waals surface area contributed by atoms with Crippen molar-refractivity contribution in [2.45, 2.75) is 27.7 Å². The van der Waals surface area contributed by atoms with Crippen molar-refractivity contribution < 1.29 is 31.8 Å². The van der Waals surface area contributed by atoms with Gasteiger partial charge in [0.2, 0.25) is 10.4 Å². The smallest absolute Gasteiger partial charge is 0.217 e. The number of aliphatic hydroxyl groups excluding tert-OH is 2. The lowest BCUT2D eigenvalue weighted by molar-refractivity contribution is -0.877. The maximum atomic E-state index is 9.22. The lowest BCUT2D eigenvalue weighted by Crippen LogP contribution is -2.44. The first kappa shape index (κ1) is 29.5. The van der Waals surface area contributed by atoms with Gasteiger partial charge in [-0.2, -0.15) is 0 Å². The van der Waals surface area contributed by atoms with Crippen LogP contribution >= 0.6 is 0 Å². The van der Waals surface area contributed by atoms with Crippen molar-refractivity contribution in [3.8, 4) is 0 Å². The molecular weight excluding hydrogens is 348 g/mol. The van der Waals surface area contributed by atoms with Crippen molar-refractivity contribution in [2.24, 2.45) is 10.8 Å². The highest BCUT2D eigenvalue weighted by Gasteiger charge is 2.24. The van der Waals surface area contributed by atoms with E-state index in [9.17, 15) is 13.0 Å². The summed E-state index contributed by atoms with van der Waals surface area (Å²) in [6.07, 6.45) is 0. The molecule has 0 atom stereocenters. The third-order valence-electron chi connectivity index (χ3n) is 2.71. The molecular formula is C16H40N2O6S. The van der Waals surface area contributed by atoms with Crippen LogP contribution < -0.4 is 0 Å². The summed E-state index contributed by atoms with van der Waals surface area (Å²) in [4.78, 5) is 2.08. The van der Waals surface area contributed by atoms with E-state index < -0.39 is 10.4 Å². The Bertz CT molecular complexity index is 428. The Labute approximate surface area is 154 Å². The van der Waals surface area contributed by atoms with Gasteiger partial charge in [0.1, 0.15) is 0 Å². The van der Waals surface area contributed by atoms with Crippen molar-refractivity contribution in [1.29, 1.82) is 0 Å². The maximum absolute atomic E-state index is 9.22. The van der Waals surface area contributed by atoms with Crippen molar-refractivity contribution >= 4 is 10.4 Å². The first-order chi connectivity index (χ1) is 10.8. The van der Waals surface area contributed by atoms with Gasteiger partial charge in [-0.05, 0) is 14.1 Å². The Kier molecular flexibility index (Phi) is 14.3. The molecule has 0 spiro atoms. The summed E-state index contributed by atoms with van der Waals surface area (Å²) in [6, 6.07) is 0. The number of hydrogen-bond acceptors (Lipinski definition) is 7. The molecule has 0 fully saturated rings. The Morgan fingerprint density at radius 3 is 1.40 bits per heavy atom. The van der Waals surface area contributed by atoms with E-state index in [1.165, 1.54) is 0 Å². The first-order valence-corrected chi connectivity index (χ1v) is 9.32. The Hall–Kier alpha value is -0.290. The van der Waals surface area contributed by atoms with Crippen molar-refractivity contribution in [3.63, 3.8) is 0 Å². The minimum absolute atomic E-state index is 0.0451. The molecule has 2 N–H and O–H groups in total. The van der Waals surface area contributed by atoms with Crippen LogP contribution in [0, 0.1) is 10.8 Å². The fourth-order valence-corrected chi connectivity index (χ4v) is 2.24. The molecule has 9 heteroatoms. The molecule has 8 nitrogen and oxygen atoms in total. The lowest BCUT2D eigenvalue weighted by atomic mass is 9.94. The molecule has 0 aromatic carbocycles. The molecule has 0 radical (unpaired) electrons. The van der Waals surface area contributed by atoms with Crippen LogP contribution in [0.3, 0.4) is 0 Å². The minimum atomic E-state index is -4.41. The van der Waals surface area contributed by atoms with E-state index in [-0.39, 0.29) is 24.0 Å². The molecule has 0 saturated carbocycles. The monoisotopic (exact) mass is 388 g/mol. The molecule has 0 bridgehead atoms. The molecule has 0 aromatic rings. The van der Waals surface area contributed by atoms with E-state index >= 15 is 0 Å². The highest BCUT2D eigenvalue weighted by Crippen LogP contribution is 2.16. The van der Waals surface area contributed by atoms with Crippen molar-refractivity contribution in [1.82, 2.24) is 4.90 Å². The molecule has 0 aliphatic heterocycles. The summed E-state index contributed by atoms with van der Waals surface area (Å²) in [5.74, 6) is 0. The topological polar surface area (TPSA) is 110 Å². The summed E-state index contributed by atoms with van der Waals surface area (Å²) in [7, 11) is 6.83. The van der Waals surface area contributed by atoms with E-state index in [0.29, 0.717) is 0 Å². The second kappa shape index (κ2) is 12.2. The highest BCUT2D eigenvalue weighted by molar-refractivity contribution is 7.80. The van der Waals surface area contributed by atoms with E-state index in [4.69, 9.17) is 10.2 Å². The molecule has 0 rings (SSSR count). The molecule has 0 heterocycles. The van der Waals surface area contributed by atoms with Crippen LogP contribution in [0.15, 0.2) is 0 Å². The fraction of sp³-hybridized carbons (Fsp3) is 1.00. The third kappa shape index (κ3) is 28.8. The van der Waals surface area contributed by atoms with Crippen molar-refractivity contribution in [3.05, 3.63) is 0 Å². The minimum Gasteiger partial charge on any atom is -0.726 e. The van der Waals surface area contributed by atoms with Crippen LogP contribution in [0.25, 0.3) is 0 Å². The second-order valence-electron chi connectivity index (χ2n) is 8.91. The van der Waals surface area contributed by atoms with E-state index in [1.54, 1.807) is 0 Å². The van der Waals surface area contributed by atoms with Gasteiger partial charge in [-0.25, -0.2) is 8.42 Å². The zero-order valence-electron chi connectivity index (χ0n) is 17.7. The third-order valence-corrected chi connectivity index (χ3v) is 3.12. The van der Waals surface area contributed by atoms with Gasteiger partial charge >= 0.3 is 0 Å². The van der Waals surface area contributed by atoms with Gasteiger partial charge in [-0.15, -0.1) is 0 Å². The number of nitrogens with zero attached hydrogens (tertiary/aromatic N) is 2. The van der Waals surface area contributed by atoms with Crippen LogP contribution in [0.2, 0.25) is 0 Å². The van der Waals surface area contributed by atoms with Crippen molar-refractivity contribution in [2.75, 3.05) is 68.7 Å². The average molecular weight is 389 g/mol. The van der Waals surface area contributed by atoms with Gasteiger partial charge in [-0.3, -0.25) is 4.18 Å². The van der Waals surface area contributed by atoms with Gasteiger partial charge in [0.25, 0.3) is 0 Å². The summed E-state index contributed by atoms with van der Waals surface area (Å²) in [5, 5.41) is 17.8. The number of quaternary nitrogens is 1. The molecule has 0 amide bonds. The molecule has 0 saturated heterocycles. The Balaban J connectivity index is -0.000000300.